The van der Waals surface area contributed by atoms with Gasteiger partial charge in [-0.05, 0) is 20.8 Å². The lowest BCUT2D eigenvalue weighted by Crippen LogP contribution is -2.56. The monoisotopic (exact) mass is 270 g/mol. The molecule has 5 heteroatoms. The molecule has 1 aromatic heterocycles. The molecule has 0 aromatic carbocycles. The van der Waals surface area contributed by atoms with Crippen molar-refractivity contribution in [3.05, 3.63) is 16.1 Å². The van der Waals surface area contributed by atoms with Gasteiger partial charge in [-0.15, -0.1) is 11.3 Å². The van der Waals surface area contributed by atoms with Gasteiger partial charge in [0.25, 0.3) is 0 Å². The normalized spacial score (nSPS) is 20.0. The lowest BCUT2D eigenvalue weighted by Gasteiger charge is -2.43. The fourth-order valence-corrected chi connectivity index (χ4v) is 3.07. The number of nitrogens with zero attached hydrogens (tertiary/aromatic N) is 2. The van der Waals surface area contributed by atoms with Crippen molar-refractivity contribution >= 4 is 11.3 Å². The van der Waals surface area contributed by atoms with Crippen LogP contribution in [0.15, 0.2) is 5.38 Å². The average Bonchev–Trinajstić information content (AvgIpc) is 2.76. The quantitative estimate of drug-likeness (QED) is 0.900. The molecular formula is C13H22N2O2S. The number of aryl methyl sites for hydroxylation is 1. The lowest BCUT2D eigenvalue weighted by atomic mass is 9.92. The number of aliphatic hydroxyl groups is 1. The summed E-state index contributed by atoms with van der Waals surface area (Å²) in [6.45, 7) is 9.48. The average molecular weight is 270 g/mol. The minimum Gasteiger partial charge on any atom is -0.391 e. The molecule has 1 fully saturated rings. The number of rotatable bonds is 4. The zero-order valence-electron chi connectivity index (χ0n) is 11.3. The maximum atomic E-state index is 10.5. The summed E-state index contributed by atoms with van der Waals surface area (Å²) in [6, 6.07) is 0. The second kappa shape index (κ2) is 5.65. The van der Waals surface area contributed by atoms with Gasteiger partial charge in [0.15, 0.2) is 0 Å². The molecule has 0 aliphatic carbocycles. The van der Waals surface area contributed by atoms with Crippen molar-refractivity contribution in [1.29, 1.82) is 0 Å². The number of ether oxygens (including phenoxy) is 1. The third kappa shape index (κ3) is 3.09. The first-order chi connectivity index (χ1) is 8.50. The Morgan fingerprint density at radius 2 is 2.17 bits per heavy atom. The molecule has 18 heavy (non-hydrogen) atoms. The number of thiazole rings is 1. The molecule has 4 nitrogen and oxygen atoms in total. The number of hydrogen-bond acceptors (Lipinski definition) is 5. The van der Waals surface area contributed by atoms with Crippen molar-refractivity contribution in [1.82, 2.24) is 9.88 Å². The first-order valence-electron chi connectivity index (χ1n) is 6.42. The molecule has 1 aromatic rings. The van der Waals surface area contributed by atoms with Crippen LogP contribution in [-0.2, 0) is 11.2 Å². The summed E-state index contributed by atoms with van der Waals surface area (Å²) in [5, 5.41) is 13.5. The Balaban J connectivity index is 1.99. The van der Waals surface area contributed by atoms with Crippen LogP contribution in [0.2, 0.25) is 0 Å². The summed E-state index contributed by atoms with van der Waals surface area (Å²) in [6.07, 6.45) is 0.226. The Kier molecular flexibility index (Phi) is 4.37. The topological polar surface area (TPSA) is 45.6 Å². The Morgan fingerprint density at radius 1 is 1.50 bits per heavy atom. The van der Waals surface area contributed by atoms with E-state index in [1.807, 2.05) is 12.3 Å². The highest BCUT2D eigenvalue weighted by Gasteiger charge is 2.35. The summed E-state index contributed by atoms with van der Waals surface area (Å²) in [4.78, 5) is 6.73. The fourth-order valence-electron chi connectivity index (χ4n) is 2.26. The summed E-state index contributed by atoms with van der Waals surface area (Å²) >= 11 is 1.63. The molecule has 0 radical (unpaired) electrons. The summed E-state index contributed by atoms with van der Waals surface area (Å²) < 4.78 is 5.36. The smallest absolute Gasteiger partial charge is 0.0954 e. The maximum absolute atomic E-state index is 10.5. The molecule has 2 heterocycles. The summed E-state index contributed by atoms with van der Waals surface area (Å²) in [5.74, 6) is 0. The van der Waals surface area contributed by atoms with Crippen molar-refractivity contribution in [2.45, 2.75) is 38.8 Å². The van der Waals surface area contributed by atoms with E-state index in [2.05, 4.69) is 23.7 Å². The van der Waals surface area contributed by atoms with Crippen molar-refractivity contribution in [3.8, 4) is 0 Å². The van der Waals surface area contributed by atoms with E-state index >= 15 is 0 Å². The number of morpholine rings is 1. The minimum absolute atomic E-state index is 0.233. The van der Waals surface area contributed by atoms with Gasteiger partial charge in [0, 0.05) is 36.1 Å². The van der Waals surface area contributed by atoms with E-state index < -0.39 is 6.10 Å². The molecule has 2 rings (SSSR count). The molecule has 1 saturated heterocycles. The first kappa shape index (κ1) is 13.9. The van der Waals surface area contributed by atoms with Gasteiger partial charge in [-0.25, -0.2) is 4.98 Å². The number of aliphatic hydroxyl groups excluding tert-OH is 1. The third-order valence-electron chi connectivity index (χ3n) is 3.68. The van der Waals surface area contributed by atoms with Crippen molar-refractivity contribution in [2.24, 2.45) is 0 Å². The lowest BCUT2D eigenvalue weighted by molar-refractivity contribution is -0.0612. The van der Waals surface area contributed by atoms with E-state index in [1.54, 1.807) is 11.3 Å². The van der Waals surface area contributed by atoms with Gasteiger partial charge in [-0.3, -0.25) is 4.90 Å². The van der Waals surface area contributed by atoms with Crippen LogP contribution < -0.4 is 0 Å². The number of hydrogen-bond donors (Lipinski definition) is 1. The molecule has 0 saturated carbocycles. The van der Waals surface area contributed by atoms with E-state index in [0.717, 1.165) is 37.0 Å². The van der Waals surface area contributed by atoms with Crippen LogP contribution in [0.1, 0.15) is 24.5 Å². The highest BCUT2D eigenvalue weighted by molar-refractivity contribution is 7.09. The van der Waals surface area contributed by atoms with Crippen LogP contribution in [0.25, 0.3) is 0 Å². The maximum Gasteiger partial charge on any atom is 0.0954 e. The van der Waals surface area contributed by atoms with Crippen molar-refractivity contribution in [3.63, 3.8) is 0 Å². The van der Waals surface area contributed by atoms with Gasteiger partial charge in [0.2, 0.25) is 0 Å². The van der Waals surface area contributed by atoms with E-state index in [9.17, 15) is 5.11 Å². The first-order valence-corrected chi connectivity index (χ1v) is 7.30. The molecule has 1 unspecified atom stereocenters. The SMILES string of the molecule is Cc1csc(CC(O)C(C)(C)N2CCOCC2)n1. The molecule has 0 amide bonds. The molecule has 0 spiro atoms. The zero-order valence-corrected chi connectivity index (χ0v) is 12.2. The van der Waals surface area contributed by atoms with Gasteiger partial charge >= 0.3 is 0 Å². The van der Waals surface area contributed by atoms with Crippen LogP contribution >= 0.6 is 11.3 Å². The van der Waals surface area contributed by atoms with Gasteiger partial charge < -0.3 is 9.84 Å². The largest absolute Gasteiger partial charge is 0.391 e. The van der Waals surface area contributed by atoms with Gasteiger partial charge in [0.05, 0.1) is 24.3 Å². The standard InChI is InChI=1S/C13H22N2O2S/c1-10-9-18-12(14-10)8-11(16)13(2,3)15-4-6-17-7-5-15/h9,11,16H,4-8H2,1-3H3. The van der Waals surface area contributed by atoms with E-state index in [4.69, 9.17) is 4.74 Å². The second-order valence-corrected chi connectivity index (χ2v) is 6.30. The predicted octanol–water partition coefficient (Wildman–Crippen LogP) is 1.47. The van der Waals surface area contributed by atoms with Crippen molar-refractivity contribution in [2.75, 3.05) is 26.3 Å². The Labute approximate surface area is 113 Å². The minimum atomic E-state index is -0.402. The summed E-state index contributed by atoms with van der Waals surface area (Å²) in [7, 11) is 0. The highest BCUT2D eigenvalue weighted by atomic mass is 32.1. The van der Waals surface area contributed by atoms with E-state index in [1.165, 1.54) is 0 Å². The van der Waals surface area contributed by atoms with E-state index in [0.29, 0.717) is 6.42 Å². The summed E-state index contributed by atoms with van der Waals surface area (Å²) in [5.41, 5.74) is 0.801. The fraction of sp³-hybridized carbons (Fsp3) is 0.769. The highest BCUT2D eigenvalue weighted by Crippen LogP contribution is 2.24. The van der Waals surface area contributed by atoms with E-state index in [-0.39, 0.29) is 5.54 Å². The molecule has 0 bridgehead atoms. The second-order valence-electron chi connectivity index (χ2n) is 5.36. The van der Waals surface area contributed by atoms with Crippen molar-refractivity contribution < 1.29 is 9.84 Å². The van der Waals surface area contributed by atoms with Crippen LogP contribution in [0.4, 0.5) is 0 Å². The van der Waals surface area contributed by atoms with Crippen LogP contribution in [0.5, 0.6) is 0 Å². The van der Waals surface area contributed by atoms with Gasteiger partial charge in [-0.2, -0.15) is 0 Å². The number of aromatic nitrogens is 1. The molecule has 1 aliphatic heterocycles. The van der Waals surface area contributed by atoms with Gasteiger partial charge in [0.1, 0.15) is 0 Å². The van der Waals surface area contributed by atoms with Crippen LogP contribution in [0.3, 0.4) is 0 Å². The van der Waals surface area contributed by atoms with Crippen LogP contribution in [-0.4, -0.2) is 52.9 Å². The molecule has 1 atom stereocenters. The Hall–Kier alpha value is -0.490. The molecule has 1 N–H and O–H groups in total. The van der Waals surface area contributed by atoms with Crippen LogP contribution in [0, 0.1) is 6.92 Å². The third-order valence-corrected chi connectivity index (χ3v) is 4.67. The predicted molar refractivity (Wildman–Crippen MR) is 73.0 cm³/mol. The Bertz CT molecular complexity index is 386. The van der Waals surface area contributed by atoms with Gasteiger partial charge in [-0.1, -0.05) is 0 Å². The zero-order chi connectivity index (χ0) is 13.2. The molecular weight excluding hydrogens is 248 g/mol. The Morgan fingerprint density at radius 3 is 2.72 bits per heavy atom. The molecule has 102 valence electrons. The molecule has 1 aliphatic rings.